The number of ether oxygens (including phenoxy) is 1. The highest BCUT2D eigenvalue weighted by molar-refractivity contribution is 5.76. The first kappa shape index (κ1) is 18.4. The zero-order valence-corrected chi connectivity index (χ0v) is 15.4. The summed E-state index contributed by atoms with van der Waals surface area (Å²) >= 11 is 0. The van der Waals surface area contributed by atoms with Gasteiger partial charge in [-0.2, -0.15) is 5.10 Å². The Hall–Kier alpha value is -2.40. The monoisotopic (exact) mass is 363 g/mol. The van der Waals surface area contributed by atoms with Gasteiger partial charge >= 0.3 is 0 Å². The van der Waals surface area contributed by atoms with E-state index in [2.05, 4.69) is 35.8 Å². The number of hydrogen-bond donors (Lipinski definition) is 1. The largest absolute Gasteiger partial charge is 0.379 e. The summed E-state index contributed by atoms with van der Waals surface area (Å²) in [5.74, 6) is 1.39. The second-order valence-electron chi connectivity index (χ2n) is 6.67. The SMILES string of the molecule is CC(C)[C@H](NC(=O)Cn1nnnc1CN1CCOCC1)c1ncnn1C. The molecule has 0 spiro atoms. The van der Waals surface area contributed by atoms with E-state index in [0.717, 1.165) is 18.9 Å². The van der Waals surface area contributed by atoms with E-state index in [4.69, 9.17) is 4.74 Å². The number of tetrazole rings is 1. The molecule has 1 amide bonds. The number of aryl methyl sites for hydroxylation is 1. The van der Waals surface area contributed by atoms with Gasteiger partial charge in [0.15, 0.2) is 5.82 Å². The van der Waals surface area contributed by atoms with E-state index >= 15 is 0 Å². The van der Waals surface area contributed by atoms with Gasteiger partial charge in [0.2, 0.25) is 5.91 Å². The summed E-state index contributed by atoms with van der Waals surface area (Å²) in [5, 5.41) is 18.8. The third-order valence-corrected chi connectivity index (χ3v) is 4.38. The second-order valence-corrected chi connectivity index (χ2v) is 6.67. The normalized spacial score (nSPS) is 16.8. The van der Waals surface area contributed by atoms with Gasteiger partial charge in [-0.3, -0.25) is 14.4 Å². The minimum Gasteiger partial charge on any atom is -0.379 e. The molecule has 1 fully saturated rings. The molecule has 0 aliphatic carbocycles. The minimum atomic E-state index is -0.228. The fraction of sp³-hybridized carbons (Fsp3) is 0.733. The van der Waals surface area contributed by atoms with Crippen LogP contribution in [0.15, 0.2) is 6.33 Å². The molecule has 2 aromatic heterocycles. The fourth-order valence-electron chi connectivity index (χ4n) is 2.89. The fourth-order valence-corrected chi connectivity index (χ4v) is 2.89. The van der Waals surface area contributed by atoms with Crippen molar-refractivity contribution in [2.24, 2.45) is 13.0 Å². The lowest BCUT2D eigenvalue weighted by Gasteiger charge is -2.25. The Kier molecular flexibility index (Phi) is 5.89. The molecule has 11 nitrogen and oxygen atoms in total. The van der Waals surface area contributed by atoms with Gasteiger partial charge in [-0.05, 0) is 16.3 Å². The lowest BCUT2D eigenvalue weighted by Crippen LogP contribution is -2.38. The van der Waals surface area contributed by atoms with Gasteiger partial charge in [0.05, 0.1) is 25.8 Å². The molecule has 0 radical (unpaired) electrons. The van der Waals surface area contributed by atoms with Crippen molar-refractivity contribution in [2.75, 3.05) is 26.3 Å². The molecule has 142 valence electrons. The van der Waals surface area contributed by atoms with Crippen molar-refractivity contribution in [2.45, 2.75) is 33.0 Å². The molecule has 1 N–H and O–H groups in total. The highest BCUT2D eigenvalue weighted by atomic mass is 16.5. The first-order valence-corrected chi connectivity index (χ1v) is 8.73. The molecule has 1 atom stereocenters. The number of aromatic nitrogens is 7. The topological polar surface area (TPSA) is 116 Å². The van der Waals surface area contributed by atoms with Crippen molar-refractivity contribution < 1.29 is 9.53 Å². The molecular formula is C15H25N9O2. The van der Waals surface area contributed by atoms with E-state index in [9.17, 15) is 4.79 Å². The van der Waals surface area contributed by atoms with Crippen molar-refractivity contribution >= 4 is 5.91 Å². The Balaban J connectivity index is 1.62. The zero-order chi connectivity index (χ0) is 18.5. The number of rotatable bonds is 7. The average Bonchev–Trinajstić information content (AvgIpc) is 3.22. The summed E-state index contributed by atoms with van der Waals surface area (Å²) in [6.07, 6.45) is 1.48. The van der Waals surface area contributed by atoms with Gasteiger partial charge in [-0.1, -0.05) is 13.8 Å². The first-order valence-electron chi connectivity index (χ1n) is 8.73. The van der Waals surface area contributed by atoms with Crippen LogP contribution in [0.4, 0.5) is 0 Å². The molecule has 0 unspecified atom stereocenters. The van der Waals surface area contributed by atoms with E-state index < -0.39 is 0 Å². The molecule has 11 heteroatoms. The van der Waals surface area contributed by atoms with Gasteiger partial charge in [-0.25, -0.2) is 9.67 Å². The lowest BCUT2D eigenvalue weighted by molar-refractivity contribution is -0.123. The van der Waals surface area contributed by atoms with Crippen molar-refractivity contribution in [3.05, 3.63) is 18.0 Å². The smallest absolute Gasteiger partial charge is 0.242 e. The van der Waals surface area contributed by atoms with Crippen LogP contribution in [0.3, 0.4) is 0 Å². The number of morpholine rings is 1. The molecule has 3 rings (SSSR count). The predicted molar refractivity (Wildman–Crippen MR) is 90.6 cm³/mol. The van der Waals surface area contributed by atoms with Crippen LogP contribution >= 0.6 is 0 Å². The summed E-state index contributed by atoms with van der Waals surface area (Å²) in [4.78, 5) is 19.0. The van der Waals surface area contributed by atoms with Gasteiger partial charge in [-0.15, -0.1) is 5.10 Å². The van der Waals surface area contributed by atoms with Crippen molar-refractivity contribution in [1.29, 1.82) is 0 Å². The third kappa shape index (κ3) is 4.41. The summed E-state index contributed by atoms with van der Waals surface area (Å²) < 4.78 is 8.56. The summed E-state index contributed by atoms with van der Waals surface area (Å²) in [5.41, 5.74) is 0. The molecule has 1 saturated heterocycles. The van der Waals surface area contributed by atoms with E-state index in [0.29, 0.717) is 25.6 Å². The summed E-state index contributed by atoms with van der Waals surface area (Å²) in [6, 6.07) is -0.228. The number of carbonyl (C=O) groups excluding carboxylic acids is 1. The molecule has 1 aliphatic rings. The van der Waals surface area contributed by atoms with Crippen LogP contribution in [0, 0.1) is 5.92 Å². The molecule has 0 aromatic carbocycles. The van der Waals surface area contributed by atoms with Crippen LogP contribution in [0.25, 0.3) is 0 Å². The van der Waals surface area contributed by atoms with Crippen LogP contribution in [0.1, 0.15) is 31.5 Å². The van der Waals surface area contributed by atoms with Crippen LogP contribution < -0.4 is 5.32 Å². The Bertz CT molecular complexity index is 720. The maximum atomic E-state index is 12.6. The van der Waals surface area contributed by atoms with Crippen LogP contribution in [0.5, 0.6) is 0 Å². The number of nitrogens with zero attached hydrogens (tertiary/aromatic N) is 8. The number of amides is 1. The molecule has 2 aromatic rings. The average molecular weight is 363 g/mol. The molecule has 26 heavy (non-hydrogen) atoms. The van der Waals surface area contributed by atoms with E-state index in [1.165, 1.54) is 6.33 Å². The lowest BCUT2D eigenvalue weighted by atomic mass is 10.0. The molecule has 1 aliphatic heterocycles. The van der Waals surface area contributed by atoms with Crippen LogP contribution in [-0.2, 0) is 29.7 Å². The van der Waals surface area contributed by atoms with Crippen molar-refractivity contribution in [3.8, 4) is 0 Å². The second kappa shape index (κ2) is 8.32. The molecule has 3 heterocycles. The van der Waals surface area contributed by atoms with Gasteiger partial charge in [0.25, 0.3) is 0 Å². The Morgan fingerprint density at radius 1 is 1.35 bits per heavy atom. The number of nitrogens with one attached hydrogen (secondary N) is 1. The van der Waals surface area contributed by atoms with Gasteiger partial charge < -0.3 is 10.1 Å². The molecule has 0 bridgehead atoms. The van der Waals surface area contributed by atoms with E-state index in [-0.39, 0.29) is 24.4 Å². The summed E-state index contributed by atoms with van der Waals surface area (Å²) in [7, 11) is 1.81. The quantitative estimate of drug-likeness (QED) is 0.676. The minimum absolute atomic E-state index is 0.0632. The van der Waals surface area contributed by atoms with E-state index in [1.54, 1.807) is 9.36 Å². The Labute approximate surface area is 151 Å². The van der Waals surface area contributed by atoms with Crippen molar-refractivity contribution in [3.63, 3.8) is 0 Å². The summed E-state index contributed by atoms with van der Waals surface area (Å²) in [6.45, 7) is 7.79. The molecule has 0 saturated carbocycles. The Morgan fingerprint density at radius 2 is 2.12 bits per heavy atom. The number of hydrogen-bond acceptors (Lipinski definition) is 8. The van der Waals surface area contributed by atoms with Gasteiger partial charge in [0.1, 0.15) is 18.7 Å². The predicted octanol–water partition coefficient (Wildman–Crippen LogP) is -0.853. The van der Waals surface area contributed by atoms with E-state index in [1.807, 2.05) is 20.9 Å². The van der Waals surface area contributed by atoms with Crippen molar-refractivity contribution in [1.82, 2.24) is 45.2 Å². The maximum Gasteiger partial charge on any atom is 0.242 e. The van der Waals surface area contributed by atoms with Crippen LogP contribution in [-0.4, -0.2) is 72.1 Å². The first-order chi connectivity index (χ1) is 12.5. The third-order valence-electron chi connectivity index (χ3n) is 4.38. The maximum absolute atomic E-state index is 12.6. The highest BCUT2D eigenvalue weighted by Crippen LogP contribution is 2.18. The zero-order valence-electron chi connectivity index (χ0n) is 15.4. The molecular weight excluding hydrogens is 338 g/mol. The van der Waals surface area contributed by atoms with Crippen LogP contribution in [0.2, 0.25) is 0 Å². The standard InChI is InChI=1S/C15H25N9O2/c1-11(2)14(15-16-10-17-22(15)3)18-13(25)9-24-12(19-20-21-24)8-23-4-6-26-7-5-23/h10-11,14H,4-9H2,1-3H3,(H,18,25)/t14-/m0/s1. The Morgan fingerprint density at radius 3 is 2.77 bits per heavy atom. The van der Waals surface area contributed by atoms with Gasteiger partial charge in [0, 0.05) is 20.1 Å². The number of carbonyl (C=O) groups is 1. The highest BCUT2D eigenvalue weighted by Gasteiger charge is 2.24.